The highest BCUT2D eigenvalue weighted by atomic mass is 31.2. The smallest absolute Gasteiger partial charge is 0.173 e. The van der Waals surface area contributed by atoms with Crippen LogP contribution in [0.5, 0.6) is 0 Å². The lowest BCUT2D eigenvalue weighted by molar-refractivity contribution is 0.592. The standard InChI is InChI=1S/C18H16NOP/c19-17-13-7-8-14-18(17)21(20,15-9-3-1-4-10-15)16-11-5-2-6-12-16/h1-14H,19H2. The van der Waals surface area contributed by atoms with Gasteiger partial charge in [-0.1, -0.05) is 72.8 Å². The predicted molar refractivity (Wildman–Crippen MR) is 90.2 cm³/mol. The molecule has 2 N–H and O–H groups in total. The van der Waals surface area contributed by atoms with Crippen LogP contribution >= 0.6 is 7.14 Å². The maximum atomic E-state index is 14.0. The van der Waals surface area contributed by atoms with Gasteiger partial charge in [-0.2, -0.15) is 0 Å². The summed E-state index contributed by atoms with van der Waals surface area (Å²) in [4.78, 5) is 0. The molecule has 104 valence electrons. The van der Waals surface area contributed by atoms with Gasteiger partial charge in [0.1, 0.15) is 0 Å². The van der Waals surface area contributed by atoms with Crippen molar-refractivity contribution in [2.24, 2.45) is 0 Å². The summed E-state index contributed by atoms with van der Waals surface area (Å²) in [5, 5.41) is 2.30. The summed E-state index contributed by atoms with van der Waals surface area (Å²) >= 11 is 0. The van der Waals surface area contributed by atoms with Crippen molar-refractivity contribution >= 4 is 28.7 Å². The molecule has 0 aliphatic carbocycles. The minimum Gasteiger partial charge on any atom is -0.398 e. The molecule has 0 aliphatic rings. The molecule has 2 nitrogen and oxygen atoms in total. The van der Waals surface area contributed by atoms with Crippen LogP contribution in [0, 0.1) is 0 Å². The van der Waals surface area contributed by atoms with Crippen molar-refractivity contribution in [1.29, 1.82) is 0 Å². The van der Waals surface area contributed by atoms with Crippen molar-refractivity contribution in [3.63, 3.8) is 0 Å². The number of hydrogen-bond donors (Lipinski definition) is 1. The molecule has 3 heteroatoms. The van der Waals surface area contributed by atoms with Crippen molar-refractivity contribution < 1.29 is 4.57 Å². The van der Waals surface area contributed by atoms with E-state index in [0.29, 0.717) is 11.0 Å². The second-order valence-electron chi connectivity index (χ2n) is 4.84. The number of nitrogens with two attached hydrogens (primary N) is 1. The normalized spacial score (nSPS) is 11.2. The van der Waals surface area contributed by atoms with Gasteiger partial charge in [0.05, 0.1) is 0 Å². The van der Waals surface area contributed by atoms with Crippen LogP contribution in [-0.2, 0) is 4.57 Å². The van der Waals surface area contributed by atoms with Gasteiger partial charge in [-0.05, 0) is 12.1 Å². The molecular formula is C18H16NOP. The first-order valence-corrected chi connectivity index (χ1v) is 8.50. The molecule has 0 heterocycles. The van der Waals surface area contributed by atoms with Crippen LogP contribution < -0.4 is 21.6 Å². The van der Waals surface area contributed by atoms with Crippen LogP contribution in [-0.4, -0.2) is 0 Å². The Labute approximate surface area is 124 Å². The van der Waals surface area contributed by atoms with E-state index < -0.39 is 7.14 Å². The summed E-state index contributed by atoms with van der Waals surface area (Å²) in [6.45, 7) is 0. The van der Waals surface area contributed by atoms with E-state index in [-0.39, 0.29) is 0 Å². The van der Waals surface area contributed by atoms with Crippen LogP contribution in [0.2, 0.25) is 0 Å². The molecule has 0 aromatic heterocycles. The van der Waals surface area contributed by atoms with Crippen LogP contribution in [0.15, 0.2) is 84.9 Å². The van der Waals surface area contributed by atoms with Gasteiger partial charge in [0, 0.05) is 21.6 Å². The Hall–Kier alpha value is -2.31. The summed E-state index contributed by atoms with van der Waals surface area (Å²) in [5.74, 6) is 0. The molecular weight excluding hydrogens is 277 g/mol. The molecule has 0 spiro atoms. The highest BCUT2D eigenvalue weighted by molar-refractivity contribution is 7.85. The van der Waals surface area contributed by atoms with E-state index in [4.69, 9.17) is 5.73 Å². The van der Waals surface area contributed by atoms with E-state index >= 15 is 0 Å². The summed E-state index contributed by atoms with van der Waals surface area (Å²) in [6.07, 6.45) is 0. The van der Waals surface area contributed by atoms with Crippen molar-refractivity contribution in [2.75, 3.05) is 5.73 Å². The second-order valence-corrected chi connectivity index (χ2v) is 7.57. The molecule has 21 heavy (non-hydrogen) atoms. The molecule has 3 rings (SSSR count). The van der Waals surface area contributed by atoms with E-state index in [2.05, 4.69) is 0 Å². The number of para-hydroxylation sites is 1. The van der Waals surface area contributed by atoms with Crippen molar-refractivity contribution in [1.82, 2.24) is 0 Å². The molecule has 3 aromatic rings. The van der Waals surface area contributed by atoms with Gasteiger partial charge in [0.2, 0.25) is 0 Å². The summed E-state index contributed by atoms with van der Waals surface area (Å²) in [7, 11) is -2.94. The zero-order valence-electron chi connectivity index (χ0n) is 11.5. The quantitative estimate of drug-likeness (QED) is 0.596. The molecule has 0 aliphatic heterocycles. The highest BCUT2D eigenvalue weighted by Crippen LogP contribution is 2.43. The summed E-state index contributed by atoms with van der Waals surface area (Å²) in [6, 6.07) is 26.5. The van der Waals surface area contributed by atoms with Crippen molar-refractivity contribution in [3.05, 3.63) is 84.9 Å². The van der Waals surface area contributed by atoms with Gasteiger partial charge >= 0.3 is 0 Å². The Balaban J connectivity index is 2.32. The van der Waals surface area contributed by atoms with Crippen molar-refractivity contribution in [3.8, 4) is 0 Å². The molecule has 0 fully saturated rings. The Kier molecular flexibility index (Phi) is 3.64. The third kappa shape index (κ3) is 2.39. The first-order valence-electron chi connectivity index (χ1n) is 6.79. The minimum absolute atomic E-state index is 0.563. The van der Waals surface area contributed by atoms with Gasteiger partial charge in [0.25, 0.3) is 0 Å². The van der Waals surface area contributed by atoms with Gasteiger partial charge in [-0.15, -0.1) is 0 Å². The molecule has 0 radical (unpaired) electrons. The van der Waals surface area contributed by atoms with Gasteiger partial charge in [-0.3, -0.25) is 0 Å². The first-order chi connectivity index (χ1) is 10.2. The second kappa shape index (κ2) is 5.59. The fraction of sp³-hybridized carbons (Fsp3) is 0. The van der Waals surface area contributed by atoms with Crippen LogP contribution in [0.25, 0.3) is 0 Å². The average Bonchev–Trinajstić information content (AvgIpc) is 2.56. The lowest BCUT2D eigenvalue weighted by atomic mass is 10.3. The zero-order valence-corrected chi connectivity index (χ0v) is 12.4. The number of rotatable bonds is 3. The maximum Gasteiger partial charge on any atom is 0.173 e. The van der Waals surface area contributed by atoms with E-state index in [1.807, 2.05) is 78.9 Å². The summed E-state index contributed by atoms with van der Waals surface area (Å²) in [5.41, 5.74) is 6.67. The first kappa shape index (κ1) is 13.7. The molecule has 0 saturated carbocycles. The van der Waals surface area contributed by atoms with E-state index in [9.17, 15) is 4.57 Å². The maximum absolute atomic E-state index is 14.0. The minimum atomic E-state index is -2.94. The van der Waals surface area contributed by atoms with Gasteiger partial charge in [-0.25, -0.2) is 0 Å². The monoisotopic (exact) mass is 293 g/mol. The van der Waals surface area contributed by atoms with Crippen LogP contribution in [0.1, 0.15) is 0 Å². The van der Waals surface area contributed by atoms with E-state index in [1.165, 1.54) is 0 Å². The SMILES string of the molecule is Nc1ccccc1P(=O)(c1ccccc1)c1ccccc1. The number of hydrogen-bond acceptors (Lipinski definition) is 2. The Bertz CT molecular complexity index is 741. The summed E-state index contributed by atoms with van der Waals surface area (Å²) < 4.78 is 14.0. The van der Waals surface area contributed by atoms with Gasteiger partial charge in [0.15, 0.2) is 7.14 Å². The molecule has 0 amide bonds. The third-order valence-corrected chi connectivity index (χ3v) is 6.65. The molecule has 0 saturated heterocycles. The fourth-order valence-corrected chi connectivity index (χ4v) is 5.25. The molecule has 0 unspecified atom stereocenters. The largest absolute Gasteiger partial charge is 0.398 e. The zero-order chi connectivity index (χ0) is 14.7. The molecule has 0 bridgehead atoms. The predicted octanol–water partition coefficient (Wildman–Crippen LogP) is 2.91. The van der Waals surface area contributed by atoms with Gasteiger partial charge < -0.3 is 10.3 Å². The molecule has 3 aromatic carbocycles. The number of anilines is 1. The topological polar surface area (TPSA) is 43.1 Å². The van der Waals surface area contributed by atoms with Crippen molar-refractivity contribution in [2.45, 2.75) is 0 Å². The highest BCUT2D eigenvalue weighted by Gasteiger charge is 2.30. The lowest BCUT2D eigenvalue weighted by Gasteiger charge is -2.21. The van der Waals surface area contributed by atoms with E-state index in [0.717, 1.165) is 10.6 Å². The van der Waals surface area contributed by atoms with Crippen LogP contribution in [0.4, 0.5) is 5.69 Å². The number of nitrogen functional groups attached to an aromatic ring is 1. The number of benzene rings is 3. The van der Waals surface area contributed by atoms with E-state index in [1.54, 1.807) is 6.07 Å². The third-order valence-electron chi connectivity index (χ3n) is 3.52. The Morgan fingerprint density at radius 2 is 1.05 bits per heavy atom. The fourth-order valence-electron chi connectivity index (χ4n) is 2.48. The molecule has 0 atom stereocenters. The Morgan fingerprint density at radius 3 is 1.52 bits per heavy atom. The lowest BCUT2D eigenvalue weighted by Crippen LogP contribution is -2.26. The Morgan fingerprint density at radius 1 is 0.619 bits per heavy atom. The average molecular weight is 293 g/mol. The van der Waals surface area contributed by atoms with Crippen LogP contribution in [0.3, 0.4) is 0 Å².